The molecule has 0 radical (unpaired) electrons. The molecule has 1 aliphatic carbocycles. The molecule has 4 nitrogen and oxygen atoms in total. The van der Waals surface area contributed by atoms with Gasteiger partial charge in [-0.25, -0.2) is 4.98 Å². The third kappa shape index (κ3) is 3.97. The van der Waals surface area contributed by atoms with E-state index >= 15 is 0 Å². The van der Waals surface area contributed by atoms with Gasteiger partial charge in [0.1, 0.15) is 5.65 Å². The minimum Gasteiger partial charge on any atom is -0.301 e. The van der Waals surface area contributed by atoms with E-state index in [9.17, 15) is 0 Å². The van der Waals surface area contributed by atoms with Crippen LogP contribution in [0, 0.1) is 27.7 Å². The summed E-state index contributed by atoms with van der Waals surface area (Å²) in [5, 5.41) is 6.54. The van der Waals surface area contributed by atoms with Gasteiger partial charge in [0.25, 0.3) is 0 Å². The summed E-state index contributed by atoms with van der Waals surface area (Å²) in [7, 11) is 0. The van der Waals surface area contributed by atoms with E-state index < -0.39 is 0 Å². The van der Waals surface area contributed by atoms with Crippen LogP contribution in [0.1, 0.15) is 72.5 Å². The molecule has 6 rings (SSSR count). The van der Waals surface area contributed by atoms with Gasteiger partial charge in [0, 0.05) is 41.8 Å². The summed E-state index contributed by atoms with van der Waals surface area (Å²) in [6, 6.07) is 17.0. The highest BCUT2D eigenvalue weighted by Crippen LogP contribution is 2.41. The van der Waals surface area contributed by atoms with Crippen molar-refractivity contribution in [2.45, 2.75) is 78.3 Å². The fraction of sp³-hybridized carbons (Fsp3) is 0.452. The molecule has 1 atom stereocenters. The second kappa shape index (κ2) is 9.07. The minimum absolute atomic E-state index is 0.438. The molecule has 35 heavy (non-hydrogen) atoms. The average Bonchev–Trinajstić information content (AvgIpc) is 3.56. The predicted octanol–water partition coefficient (Wildman–Crippen LogP) is 7.04. The first-order valence-electron chi connectivity index (χ1n) is 13.5. The van der Waals surface area contributed by atoms with Gasteiger partial charge in [0.15, 0.2) is 0 Å². The summed E-state index contributed by atoms with van der Waals surface area (Å²) in [5.41, 5.74) is 10.1. The van der Waals surface area contributed by atoms with Crippen molar-refractivity contribution in [2.24, 2.45) is 0 Å². The van der Waals surface area contributed by atoms with Crippen LogP contribution in [-0.2, 0) is 0 Å². The number of nitrogens with zero attached hydrogens (tertiary/aromatic N) is 3. The lowest BCUT2D eigenvalue weighted by Crippen LogP contribution is -2.38. The van der Waals surface area contributed by atoms with Crippen LogP contribution in [0.2, 0.25) is 0 Å². The van der Waals surface area contributed by atoms with Gasteiger partial charge in [0.2, 0.25) is 0 Å². The number of likely N-dealkylation sites (tertiary alicyclic amines) is 1. The van der Waals surface area contributed by atoms with Crippen LogP contribution in [0.4, 0.5) is 0 Å². The smallest absolute Gasteiger partial charge is 0.146 e. The van der Waals surface area contributed by atoms with Crippen molar-refractivity contribution < 1.29 is 0 Å². The second-order valence-corrected chi connectivity index (χ2v) is 11.0. The number of hydrogen-bond donors (Lipinski definition) is 1. The first kappa shape index (κ1) is 22.8. The zero-order chi connectivity index (χ0) is 24.1. The van der Waals surface area contributed by atoms with Crippen molar-refractivity contribution >= 4 is 21.9 Å². The molecule has 0 bridgehead atoms. The summed E-state index contributed by atoms with van der Waals surface area (Å²) < 4.78 is 2.43. The van der Waals surface area contributed by atoms with Crippen LogP contribution in [0.15, 0.2) is 42.5 Å². The largest absolute Gasteiger partial charge is 0.301 e. The summed E-state index contributed by atoms with van der Waals surface area (Å²) in [6.45, 7) is 11.0. The fourth-order valence-electron chi connectivity index (χ4n) is 6.87. The molecule has 4 heteroatoms. The first-order valence-corrected chi connectivity index (χ1v) is 13.5. The van der Waals surface area contributed by atoms with Crippen molar-refractivity contribution in [3.63, 3.8) is 0 Å². The standard InChI is InChI=1S/C31H38N4/c1-20-16-21(2)30(22(3)17-20)35-28-13-8-7-12-25(28)29-26(18-23(4)33-31(29)35)27-14-9-15-34(27)19-32-24-10-5-6-11-24/h7-8,12-13,16-18,24,27,32H,5-6,9-11,14-15,19H2,1-4H3/t27-/m1/s1. The Morgan fingerprint density at radius 2 is 1.66 bits per heavy atom. The number of aryl methyl sites for hydroxylation is 4. The van der Waals surface area contributed by atoms with Crippen LogP contribution in [-0.4, -0.2) is 33.7 Å². The predicted molar refractivity (Wildman–Crippen MR) is 146 cm³/mol. The Morgan fingerprint density at radius 3 is 2.43 bits per heavy atom. The molecule has 3 heterocycles. The topological polar surface area (TPSA) is 33.1 Å². The van der Waals surface area contributed by atoms with Gasteiger partial charge in [-0.2, -0.15) is 0 Å². The third-order valence-electron chi connectivity index (χ3n) is 8.30. The van der Waals surface area contributed by atoms with Crippen LogP contribution < -0.4 is 5.32 Å². The molecule has 0 amide bonds. The normalized spacial score (nSPS) is 19.5. The van der Waals surface area contributed by atoms with Gasteiger partial charge in [-0.1, -0.05) is 48.7 Å². The molecule has 4 aromatic rings. The highest BCUT2D eigenvalue weighted by molar-refractivity contribution is 6.10. The molecule has 2 aromatic carbocycles. The maximum absolute atomic E-state index is 5.19. The van der Waals surface area contributed by atoms with E-state index in [-0.39, 0.29) is 0 Å². The van der Waals surface area contributed by atoms with E-state index in [1.807, 2.05) is 0 Å². The SMILES string of the molecule is Cc1cc(C)c(-n2c3ccccc3c3c([C@H]4CCCN4CNC4CCCC4)cc(C)nc32)c(C)c1. The van der Waals surface area contributed by atoms with Crippen LogP contribution >= 0.6 is 0 Å². The van der Waals surface area contributed by atoms with Crippen molar-refractivity contribution in [1.29, 1.82) is 0 Å². The number of rotatable bonds is 5. The monoisotopic (exact) mass is 466 g/mol. The van der Waals surface area contributed by atoms with Crippen LogP contribution in [0.25, 0.3) is 27.6 Å². The number of hydrogen-bond acceptors (Lipinski definition) is 3. The molecule has 2 aliphatic rings. The average molecular weight is 467 g/mol. The number of nitrogens with one attached hydrogen (secondary N) is 1. The maximum Gasteiger partial charge on any atom is 0.146 e. The van der Waals surface area contributed by atoms with Gasteiger partial charge in [-0.3, -0.25) is 9.47 Å². The quantitative estimate of drug-likeness (QED) is 0.342. The summed E-state index contributed by atoms with van der Waals surface area (Å²) >= 11 is 0. The number of pyridine rings is 1. The van der Waals surface area contributed by atoms with Crippen molar-refractivity contribution in [3.05, 3.63) is 70.4 Å². The summed E-state index contributed by atoms with van der Waals surface area (Å²) in [5.74, 6) is 0. The molecular weight excluding hydrogens is 428 g/mol. The number of aromatic nitrogens is 2. The lowest BCUT2D eigenvalue weighted by Gasteiger charge is -2.27. The molecule has 1 aliphatic heterocycles. The Bertz CT molecular complexity index is 1370. The Kier molecular flexibility index (Phi) is 5.90. The number of benzene rings is 2. The molecule has 2 fully saturated rings. The van der Waals surface area contributed by atoms with E-state index in [1.54, 1.807) is 0 Å². The first-order chi connectivity index (χ1) is 17.0. The Hall–Kier alpha value is -2.69. The number of fused-ring (bicyclic) bond motifs is 3. The Balaban J connectivity index is 1.53. The lowest BCUT2D eigenvalue weighted by molar-refractivity contribution is 0.225. The maximum atomic E-state index is 5.19. The summed E-state index contributed by atoms with van der Waals surface area (Å²) in [6.07, 6.45) is 7.90. The molecule has 1 saturated heterocycles. The van der Waals surface area contributed by atoms with E-state index in [0.29, 0.717) is 12.1 Å². The van der Waals surface area contributed by atoms with E-state index in [2.05, 4.69) is 84.9 Å². The lowest BCUT2D eigenvalue weighted by atomic mass is 9.99. The van der Waals surface area contributed by atoms with Crippen LogP contribution in [0.3, 0.4) is 0 Å². The summed E-state index contributed by atoms with van der Waals surface area (Å²) in [4.78, 5) is 7.87. The molecule has 0 unspecified atom stereocenters. The zero-order valence-electron chi connectivity index (χ0n) is 21.7. The molecular formula is C31H38N4. The second-order valence-electron chi connectivity index (χ2n) is 11.0. The van der Waals surface area contributed by atoms with E-state index in [1.165, 1.54) is 89.3 Å². The van der Waals surface area contributed by atoms with E-state index in [0.717, 1.165) is 18.0 Å². The number of para-hydroxylation sites is 1. The molecule has 1 N–H and O–H groups in total. The van der Waals surface area contributed by atoms with E-state index in [4.69, 9.17) is 4.98 Å². The van der Waals surface area contributed by atoms with Gasteiger partial charge in [-0.15, -0.1) is 0 Å². The highest BCUT2D eigenvalue weighted by atomic mass is 15.3. The van der Waals surface area contributed by atoms with Crippen molar-refractivity contribution in [2.75, 3.05) is 13.2 Å². The third-order valence-corrected chi connectivity index (χ3v) is 8.30. The van der Waals surface area contributed by atoms with Crippen molar-refractivity contribution in [3.8, 4) is 5.69 Å². The van der Waals surface area contributed by atoms with Crippen molar-refractivity contribution in [1.82, 2.24) is 19.8 Å². The zero-order valence-corrected chi connectivity index (χ0v) is 21.7. The van der Waals surface area contributed by atoms with Gasteiger partial charge in [-0.05, 0) is 82.2 Å². The molecule has 1 saturated carbocycles. The Labute approximate surface area is 209 Å². The highest BCUT2D eigenvalue weighted by Gasteiger charge is 2.30. The molecule has 2 aromatic heterocycles. The van der Waals surface area contributed by atoms with Crippen LogP contribution in [0.5, 0.6) is 0 Å². The Morgan fingerprint density at radius 1 is 0.914 bits per heavy atom. The molecule has 0 spiro atoms. The van der Waals surface area contributed by atoms with Gasteiger partial charge >= 0.3 is 0 Å². The fourth-order valence-corrected chi connectivity index (χ4v) is 6.87. The van der Waals surface area contributed by atoms with Gasteiger partial charge in [0.05, 0.1) is 11.2 Å². The minimum atomic E-state index is 0.438. The molecule has 182 valence electrons. The van der Waals surface area contributed by atoms with Gasteiger partial charge < -0.3 is 5.32 Å².